The molecule has 13 nitrogen and oxygen atoms in total. The lowest BCUT2D eigenvalue weighted by Gasteiger charge is -2.43. The van der Waals surface area contributed by atoms with Crippen molar-refractivity contribution < 1.29 is 61.3 Å². The van der Waals surface area contributed by atoms with Gasteiger partial charge in [0.1, 0.15) is 21.8 Å². The molecule has 2 aromatic rings. The molecule has 566 valence electrons. The first-order valence-corrected chi connectivity index (χ1v) is 37.5. The molecule has 2 saturated heterocycles. The highest BCUT2D eigenvalue weighted by Crippen LogP contribution is 2.38. The van der Waals surface area contributed by atoms with Gasteiger partial charge in [0.15, 0.2) is 35.0 Å². The molecule has 0 N–H and O–H groups in total. The molecule has 17 heteroatoms. The van der Waals surface area contributed by atoms with Gasteiger partial charge in [-0.3, -0.25) is 24.0 Å². The van der Waals surface area contributed by atoms with E-state index in [2.05, 4.69) is 190 Å². The summed E-state index contributed by atoms with van der Waals surface area (Å²) in [5, 5.41) is 0. The number of carbonyl (C=O) groups is 6. The van der Waals surface area contributed by atoms with Crippen LogP contribution in [-0.2, 0) is 67.3 Å². The molecule has 5 rings (SSSR count). The highest BCUT2D eigenvalue weighted by atomic mass is 35.5. The maximum atomic E-state index is 11.5. The third-order valence-electron chi connectivity index (χ3n) is 10.8. The molecule has 0 unspecified atom stereocenters. The number of fused-ring (bicyclic) bond motifs is 1. The van der Waals surface area contributed by atoms with Gasteiger partial charge in [-0.05, 0) is 131 Å². The predicted molar refractivity (Wildman–Crippen MR) is 421 cm³/mol. The zero-order valence-electron chi connectivity index (χ0n) is 60.2. The van der Waals surface area contributed by atoms with Crippen molar-refractivity contribution in [2.24, 2.45) is 16.2 Å². The average Bonchev–Trinajstić information content (AvgIpc) is 1.60. The first kappa shape index (κ1) is 124. The SMILES string of the molecule is C.C.C.C.C.C.C.C.CC.CC(=O)CC(C)=O.CC(=O)OCOC(C)=O.CC(C)(C)C.CC(C)(C)C.CC(C)(C)c1ccccc1.CC(C)=C(Cl)Cl.CC(C)=O.CC1(C)CC(=O)c2ccccc21.CCC1OCC2(CO1)COC(CC)OC2.CC[Si](C)(C)O[Si](C)(C)CC. The van der Waals surface area contributed by atoms with Crippen molar-refractivity contribution in [3.63, 3.8) is 0 Å². The van der Waals surface area contributed by atoms with Gasteiger partial charge in [-0.2, -0.15) is 0 Å². The van der Waals surface area contributed by atoms with Crippen LogP contribution >= 0.6 is 23.2 Å². The summed E-state index contributed by atoms with van der Waals surface area (Å²) in [6.07, 6.45) is 2.45. The van der Waals surface area contributed by atoms with Gasteiger partial charge in [0, 0.05) is 25.8 Å². The number of halogens is 2. The number of hydrogen-bond donors (Lipinski definition) is 0. The van der Waals surface area contributed by atoms with Crippen LogP contribution in [0.15, 0.2) is 64.7 Å². The Hall–Kier alpha value is -3.39. The maximum absolute atomic E-state index is 11.5. The Morgan fingerprint density at radius 3 is 1.01 bits per heavy atom. The molecule has 0 radical (unpaired) electrons. The number of benzene rings is 2. The van der Waals surface area contributed by atoms with Crippen molar-refractivity contribution in [3.05, 3.63) is 81.4 Å². The Balaban J connectivity index is -0.0000000636. The molecule has 1 spiro atoms. The normalized spacial score (nSPS) is 15.5. The minimum atomic E-state index is -1.27. The first-order chi connectivity index (χ1) is 38.9. The van der Waals surface area contributed by atoms with Gasteiger partial charge >= 0.3 is 11.9 Å². The van der Waals surface area contributed by atoms with Crippen LogP contribution in [0.25, 0.3) is 0 Å². The molecule has 94 heavy (non-hydrogen) atoms. The highest BCUT2D eigenvalue weighted by molar-refractivity contribution is 6.84. The van der Waals surface area contributed by atoms with Crippen LogP contribution in [0.5, 0.6) is 0 Å². The third-order valence-corrected chi connectivity index (χ3v) is 19.4. The molecule has 0 amide bonds. The van der Waals surface area contributed by atoms with E-state index in [-0.39, 0.29) is 119 Å². The fourth-order valence-corrected chi connectivity index (χ4v) is 13.3. The Labute approximate surface area is 597 Å². The topological polar surface area (TPSA) is 167 Å². The smallest absolute Gasteiger partial charge is 0.305 e. The molecule has 2 aliphatic heterocycles. The molecule has 1 aliphatic carbocycles. The molecule has 0 saturated carbocycles. The number of rotatable bonds is 10. The van der Waals surface area contributed by atoms with Crippen LogP contribution in [0, 0.1) is 16.2 Å². The molecule has 2 aromatic carbocycles. The molecule has 0 aromatic heterocycles. The Morgan fingerprint density at radius 2 is 0.809 bits per heavy atom. The van der Waals surface area contributed by atoms with Gasteiger partial charge in [-0.1, -0.05) is 269 Å². The van der Waals surface area contributed by atoms with Crippen LogP contribution in [0.1, 0.15) is 294 Å². The van der Waals surface area contributed by atoms with Gasteiger partial charge in [-0.15, -0.1) is 0 Å². The van der Waals surface area contributed by atoms with E-state index in [1.165, 1.54) is 64.8 Å². The summed E-state index contributed by atoms with van der Waals surface area (Å²) in [6, 6.07) is 20.9. The summed E-state index contributed by atoms with van der Waals surface area (Å²) in [4.78, 5) is 61.0. The van der Waals surface area contributed by atoms with Crippen LogP contribution in [0.2, 0.25) is 38.3 Å². The van der Waals surface area contributed by atoms with Gasteiger partial charge in [0.25, 0.3) is 0 Å². The van der Waals surface area contributed by atoms with Crippen molar-refractivity contribution in [1.29, 1.82) is 0 Å². The molecule has 0 atom stereocenters. The van der Waals surface area contributed by atoms with E-state index >= 15 is 0 Å². The van der Waals surface area contributed by atoms with E-state index in [4.69, 9.17) is 46.3 Å². The number of carbonyl (C=O) groups excluding carboxylic acids is 6. The van der Waals surface area contributed by atoms with E-state index in [1.54, 1.807) is 0 Å². The maximum Gasteiger partial charge on any atom is 0.305 e. The van der Waals surface area contributed by atoms with Crippen LogP contribution in [0.4, 0.5) is 0 Å². The van der Waals surface area contributed by atoms with Gasteiger partial charge in [0.2, 0.25) is 6.79 Å². The summed E-state index contributed by atoms with van der Waals surface area (Å²) < 4.78 is 37.5. The second-order valence-electron chi connectivity index (χ2n) is 27.5. The molecule has 2 heterocycles. The lowest BCUT2D eigenvalue weighted by molar-refractivity contribution is -0.302. The van der Waals surface area contributed by atoms with E-state index < -0.39 is 28.6 Å². The van der Waals surface area contributed by atoms with E-state index in [9.17, 15) is 28.8 Å². The summed E-state index contributed by atoms with van der Waals surface area (Å²) in [5.74, 6) is -0.594. The Kier molecular flexibility index (Phi) is 84.8. The lowest BCUT2D eigenvalue weighted by Crippen LogP contribution is -2.52. The quantitative estimate of drug-likeness (QED) is 0.0955. The minimum Gasteiger partial charge on any atom is -0.456 e. The summed E-state index contributed by atoms with van der Waals surface area (Å²) in [6.45, 7) is 64.8. The number of ether oxygens (including phenoxy) is 6. The highest BCUT2D eigenvalue weighted by Gasteiger charge is 2.41. The fraction of sp³-hybridized carbons (Fsp3) is 0.740. The lowest BCUT2D eigenvalue weighted by atomic mass is 9.87. The van der Waals surface area contributed by atoms with Crippen molar-refractivity contribution in [2.45, 2.75) is 334 Å². The average molecular weight is 1420 g/mol. The van der Waals surface area contributed by atoms with E-state index in [0.717, 1.165) is 24.0 Å². The summed E-state index contributed by atoms with van der Waals surface area (Å²) in [5.41, 5.74) is 5.75. The predicted octanol–water partition coefficient (Wildman–Crippen LogP) is 24.7. The fourth-order valence-electron chi connectivity index (χ4n) is 6.18. The third kappa shape index (κ3) is 82.8. The first-order valence-electron chi connectivity index (χ1n) is 30.5. The number of Topliss-reactive ketones (excluding diaryl/α,β-unsaturated/α-hetero) is 4. The number of hydrogen-bond acceptors (Lipinski definition) is 13. The van der Waals surface area contributed by atoms with Gasteiger partial charge in [0.05, 0.1) is 38.3 Å². The number of esters is 2. The second-order valence-corrected chi connectivity index (χ2v) is 37.8. The zero-order valence-corrected chi connectivity index (χ0v) is 63.7. The number of allylic oxidation sites excluding steroid dienone is 1. The van der Waals surface area contributed by atoms with Crippen LogP contribution < -0.4 is 0 Å². The summed E-state index contributed by atoms with van der Waals surface area (Å²) >= 11 is 10.5. The van der Waals surface area contributed by atoms with Crippen molar-refractivity contribution in [2.75, 3.05) is 33.2 Å². The molecular formula is C77H158Cl2O13Si2. The van der Waals surface area contributed by atoms with E-state index in [1.807, 2.05) is 45.9 Å². The van der Waals surface area contributed by atoms with Gasteiger partial charge < -0.3 is 37.3 Å². The molecular weight excluding hydrogens is 1260 g/mol. The second kappa shape index (κ2) is 64.3. The molecule has 2 fully saturated rings. The molecule has 0 bridgehead atoms. The summed E-state index contributed by atoms with van der Waals surface area (Å²) in [7, 11) is -2.54. The van der Waals surface area contributed by atoms with Crippen LogP contribution in [0.3, 0.4) is 0 Å². The Bertz CT molecular complexity index is 2060. The monoisotopic (exact) mass is 1420 g/mol. The van der Waals surface area contributed by atoms with Crippen molar-refractivity contribution in [1.82, 2.24) is 0 Å². The van der Waals surface area contributed by atoms with Crippen molar-refractivity contribution in [3.8, 4) is 0 Å². The zero-order chi connectivity index (χ0) is 69.1. The Morgan fingerprint density at radius 1 is 0.532 bits per heavy atom. The molecule has 3 aliphatic rings. The minimum absolute atomic E-state index is 0. The van der Waals surface area contributed by atoms with Crippen LogP contribution in [-0.4, -0.2) is 97.5 Å². The van der Waals surface area contributed by atoms with Gasteiger partial charge in [-0.25, -0.2) is 0 Å². The standard InChI is InChI=1S/C11H20O4.C11H12O.C10H14.C8H22OSi2.C5H8O4.C5H8O2.2C5H12.C4H6Cl2.C3H6O.C2H6.8CH4/c1-3-9-12-5-11(6-13-9)7-14-10(4-2)15-8-11;1-11(2)7-10(12)8-5-3-4-6-9(8)11;1-10(2,3)9-7-5-4-6-8-9;1-7-10(3,4)9-11(5,6)8-2;1-4(6)8-3-9-5(2)7;1-4(6)3-5(2)7;2*1-5(2,3)4;1-3(2)4(5)6;1-3(2)4;1-2;;;;;;;;/h9-10H,3-8H2,1-2H3;3-6H,7H2,1-2H3;4-8H,1-3H3;7-8H2,1-6H3;3H2,1-2H3;3H2,1-2H3;2*1-4H3;1-2H3;1-2H3;1-2H3;8*1H4. The largest absolute Gasteiger partial charge is 0.456 e. The van der Waals surface area contributed by atoms with Crippen molar-refractivity contribution >= 4 is 74.9 Å². The van der Waals surface area contributed by atoms with E-state index in [0.29, 0.717) is 53.6 Å². The number of ketones is 4.